The summed E-state index contributed by atoms with van der Waals surface area (Å²) in [6, 6.07) is 11.6. The van der Waals surface area contributed by atoms with E-state index in [0.717, 1.165) is 45.8 Å². The van der Waals surface area contributed by atoms with Gasteiger partial charge in [-0.05, 0) is 60.5 Å². The van der Waals surface area contributed by atoms with Crippen molar-refractivity contribution in [1.82, 2.24) is 5.32 Å². The van der Waals surface area contributed by atoms with Crippen LogP contribution in [0.3, 0.4) is 0 Å². The van der Waals surface area contributed by atoms with Gasteiger partial charge in [0.05, 0.1) is 25.3 Å². The lowest BCUT2D eigenvalue weighted by Gasteiger charge is -2.14. The normalized spacial score (nSPS) is 15.9. The molecule has 1 amide bonds. The Morgan fingerprint density at radius 2 is 1.91 bits per heavy atom. The summed E-state index contributed by atoms with van der Waals surface area (Å²) in [5.74, 6) is 0.520. The van der Waals surface area contributed by atoms with E-state index in [1.54, 1.807) is 13.3 Å². The third-order valence-electron chi connectivity index (χ3n) is 4.54. The minimum atomic E-state index is -0.610. The van der Waals surface area contributed by atoms with E-state index in [2.05, 4.69) is 20.3 Å². The van der Waals surface area contributed by atoms with Crippen LogP contribution in [0.4, 0.5) is 0 Å². The fourth-order valence-corrected chi connectivity index (χ4v) is 3.70. The second-order valence-corrected chi connectivity index (χ2v) is 7.85. The molecule has 0 unspecified atom stereocenters. The highest BCUT2D eigenvalue weighted by Gasteiger charge is 2.25. The van der Waals surface area contributed by atoms with E-state index in [1.807, 2.05) is 50.2 Å². The van der Waals surface area contributed by atoms with E-state index in [4.69, 9.17) is 9.47 Å². The number of benzene rings is 2. The van der Waals surface area contributed by atoms with Crippen molar-refractivity contribution in [2.45, 2.75) is 20.5 Å². The monoisotopic (exact) mass is 453 g/mol. The summed E-state index contributed by atoms with van der Waals surface area (Å²) in [6.07, 6.45) is 2.67. The highest BCUT2D eigenvalue weighted by Crippen LogP contribution is 2.26. The molecule has 0 atom stereocenters. The molecule has 1 fully saturated rings. The number of para-hydroxylation sites is 1. The quantitative estimate of drug-likeness (QED) is 0.298. The Labute approximate surface area is 190 Å². The maximum atomic E-state index is 11.9. The van der Waals surface area contributed by atoms with E-state index in [0.29, 0.717) is 12.4 Å². The summed E-state index contributed by atoms with van der Waals surface area (Å²) in [5, 5.41) is 10.9. The summed E-state index contributed by atoms with van der Waals surface area (Å²) in [4.78, 5) is 23.4. The van der Waals surface area contributed by atoms with Crippen LogP contribution < -0.4 is 14.8 Å². The van der Waals surface area contributed by atoms with Gasteiger partial charge in [0.2, 0.25) is 0 Å². The Hall–Kier alpha value is -3.59. The maximum Gasteiger partial charge on any atom is 0.331 e. The van der Waals surface area contributed by atoms with Crippen molar-refractivity contribution in [2.75, 3.05) is 14.2 Å². The van der Waals surface area contributed by atoms with E-state index >= 15 is 0 Å². The fourth-order valence-electron chi connectivity index (χ4n) is 2.96. The molecule has 2 aromatic rings. The number of hydrogen-bond donors (Lipinski definition) is 1. The van der Waals surface area contributed by atoms with Gasteiger partial charge in [-0.25, -0.2) is 4.79 Å². The lowest BCUT2D eigenvalue weighted by Crippen LogP contribution is -2.19. The molecule has 0 radical (unpaired) electrons. The van der Waals surface area contributed by atoms with Gasteiger partial charge in [0, 0.05) is 11.6 Å². The first kappa shape index (κ1) is 23.1. The minimum absolute atomic E-state index is 0.196. The standard InChI is InChI=1S/C23H23N3O5S/c1-14-6-5-7-15(2)21(14)31-13-17-10-16(8-9-18(17)29-3)12-24-26-23-25-22(28)19(32-23)11-20(27)30-4/h5-12H,13H2,1-4H3,(H,25,26,28)/b19-11+,24-12?. The fraction of sp³-hybridized carbons (Fsp3) is 0.217. The molecule has 1 heterocycles. The number of hydrogen-bond acceptors (Lipinski definition) is 8. The first-order valence-corrected chi connectivity index (χ1v) is 10.5. The number of carbonyl (C=O) groups is 2. The van der Waals surface area contributed by atoms with Gasteiger partial charge in [0.1, 0.15) is 18.1 Å². The number of rotatable bonds is 7. The molecule has 1 aliphatic rings. The molecule has 8 nitrogen and oxygen atoms in total. The van der Waals surface area contributed by atoms with Crippen molar-refractivity contribution in [1.29, 1.82) is 0 Å². The van der Waals surface area contributed by atoms with Crippen LogP contribution in [0.5, 0.6) is 11.5 Å². The maximum absolute atomic E-state index is 11.9. The molecule has 2 aromatic carbocycles. The largest absolute Gasteiger partial charge is 0.496 e. The van der Waals surface area contributed by atoms with Gasteiger partial charge in [0.15, 0.2) is 5.17 Å². The van der Waals surface area contributed by atoms with Crippen LogP contribution in [0.2, 0.25) is 0 Å². The van der Waals surface area contributed by atoms with Crippen molar-refractivity contribution in [2.24, 2.45) is 10.2 Å². The van der Waals surface area contributed by atoms with Gasteiger partial charge < -0.3 is 14.2 Å². The Morgan fingerprint density at radius 1 is 1.16 bits per heavy atom. The molecule has 0 spiro atoms. The van der Waals surface area contributed by atoms with Crippen LogP contribution in [0.1, 0.15) is 22.3 Å². The Morgan fingerprint density at radius 3 is 2.59 bits per heavy atom. The molecule has 1 aliphatic heterocycles. The van der Waals surface area contributed by atoms with Crippen molar-refractivity contribution in [3.05, 3.63) is 69.6 Å². The lowest BCUT2D eigenvalue weighted by atomic mass is 10.1. The van der Waals surface area contributed by atoms with Gasteiger partial charge in [0.25, 0.3) is 5.91 Å². The van der Waals surface area contributed by atoms with E-state index in [1.165, 1.54) is 7.11 Å². The van der Waals surface area contributed by atoms with Gasteiger partial charge in [-0.3, -0.25) is 10.1 Å². The minimum Gasteiger partial charge on any atom is -0.496 e. The van der Waals surface area contributed by atoms with E-state index < -0.39 is 11.9 Å². The smallest absolute Gasteiger partial charge is 0.331 e. The Balaban J connectivity index is 1.72. The molecule has 0 aromatic heterocycles. The average molecular weight is 454 g/mol. The SMILES string of the molecule is COC(=O)/C=C1/S/C(=N\N=Cc2ccc(OC)c(COc3c(C)cccc3C)c2)NC1=O. The third kappa shape index (κ3) is 5.76. The number of nitrogens with zero attached hydrogens (tertiary/aromatic N) is 2. The summed E-state index contributed by atoms with van der Waals surface area (Å²) in [7, 11) is 2.85. The van der Waals surface area contributed by atoms with Crippen molar-refractivity contribution in [3.63, 3.8) is 0 Å². The van der Waals surface area contributed by atoms with Crippen LogP contribution in [0.25, 0.3) is 0 Å². The van der Waals surface area contributed by atoms with E-state index in [9.17, 15) is 9.59 Å². The number of ether oxygens (including phenoxy) is 3. The molecule has 1 saturated heterocycles. The molecule has 1 N–H and O–H groups in total. The Bertz CT molecular complexity index is 1100. The highest BCUT2D eigenvalue weighted by atomic mass is 32.2. The van der Waals surface area contributed by atoms with E-state index in [-0.39, 0.29) is 10.1 Å². The second-order valence-electron chi connectivity index (χ2n) is 6.82. The van der Waals surface area contributed by atoms with Gasteiger partial charge >= 0.3 is 5.97 Å². The van der Waals surface area contributed by atoms with Crippen LogP contribution >= 0.6 is 11.8 Å². The molecular weight excluding hydrogens is 430 g/mol. The van der Waals surface area contributed by atoms with Crippen molar-refractivity contribution < 1.29 is 23.8 Å². The first-order valence-electron chi connectivity index (χ1n) is 9.67. The van der Waals surface area contributed by atoms with Crippen molar-refractivity contribution >= 4 is 35.0 Å². The molecule has 3 rings (SSSR count). The number of carbonyl (C=O) groups excluding carboxylic acids is 2. The average Bonchev–Trinajstić information content (AvgIpc) is 3.12. The molecular formula is C23H23N3O5S. The number of nitrogens with one attached hydrogen (secondary N) is 1. The zero-order chi connectivity index (χ0) is 23.1. The molecule has 0 saturated carbocycles. The van der Waals surface area contributed by atoms with Crippen LogP contribution in [0.15, 0.2) is 57.6 Å². The summed E-state index contributed by atoms with van der Waals surface area (Å²) >= 11 is 1.01. The number of methoxy groups -OCH3 is 2. The zero-order valence-corrected chi connectivity index (χ0v) is 19.0. The third-order valence-corrected chi connectivity index (χ3v) is 5.44. The van der Waals surface area contributed by atoms with Crippen LogP contribution in [-0.2, 0) is 20.9 Å². The number of aryl methyl sites for hydroxylation is 2. The predicted molar refractivity (Wildman–Crippen MR) is 124 cm³/mol. The van der Waals surface area contributed by atoms with Crippen molar-refractivity contribution in [3.8, 4) is 11.5 Å². The highest BCUT2D eigenvalue weighted by molar-refractivity contribution is 8.18. The van der Waals surface area contributed by atoms with Gasteiger partial charge in [-0.2, -0.15) is 5.10 Å². The summed E-state index contributed by atoms with van der Waals surface area (Å²) < 4.78 is 16.0. The first-order chi connectivity index (χ1) is 15.4. The molecule has 32 heavy (non-hydrogen) atoms. The summed E-state index contributed by atoms with van der Waals surface area (Å²) in [6.45, 7) is 4.35. The molecule has 0 bridgehead atoms. The van der Waals surface area contributed by atoms with Crippen LogP contribution in [0, 0.1) is 13.8 Å². The zero-order valence-electron chi connectivity index (χ0n) is 18.2. The number of thioether (sulfide) groups is 1. The van der Waals surface area contributed by atoms with Crippen LogP contribution in [-0.4, -0.2) is 37.5 Å². The summed E-state index contributed by atoms with van der Waals surface area (Å²) in [5.41, 5.74) is 3.77. The number of amides is 1. The second kappa shape index (κ2) is 10.6. The van der Waals surface area contributed by atoms with Gasteiger partial charge in [-0.15, -0.1) is 5.10 Å². The topological polar surface area (TPSA) is 98.6 Å². The van der Waals surface area contributed by atoms with Gasteiger partial charge in [-0.1, -0.05) is 18.2 Å². The predicted octanol–water partition coefficient (Wildman–Crippen LogP) is 3.50. The lowest BCUT2D eigenvalue weighted by molar-refractivity contribution is -0.135. The molecule has 166 valence electrons. The Kier molecular flexibility index (Phi) is 7.67. The molecule has 9 heteroatoms. The number of esters is 1. The molecule has 0 aliphatic carbocycles. The number of amidine groups is 1.